The van der Waals surface area contributed by atoms with E-state index in [0.29, 0.717) is 18.6 Å². The zero-order valence-corrected chi connectivity index (χ0v) is 14.0. The van der Waals surface area contributed by atoms with Crippen molar-refractivity contribution in [2.24, 2.45) is 0 Å². The Hall–Kier alpha value is -2.66. The third kappa shape index (κ3) is 3.63. The Bertz CT molecular complexity index is 843. The molecule has 0 unspecified atom stereocenters. The summed E-state index contributed by atoms with van der Waals surface area (Å²) in [6.07, 6.45) is 4.55. The number of benzene rings is 1. The number of rotatable bonds is 6. The first-order chi connectivity index (χ1) is 11.7. The number of methoxy groups -OCH3 is 1. The molecule has 0 fully saturated rings. The van der Waals surface area contributed by atoms with Gasteiger partial charge in [0.1, 0.15) is 0 Å². The number of aryl methyl sites for hydroxylation is 1. The van der Waals surface area contributed by atoms with Gasteiger partial charge in [0.25, 0.3) is 0 Å². The average Bonchev–Trinajstić information content (AvgIpc) is 3.12. The summed E-state index contributed by atoms with van der Waals surface area (Å²) in [5.74, 6) is 0.643. The minimum Gasteiger partial charge on any atom is -0.504 e. The van der Waals surface area contributed by atoms with Gasteiger partial charge in [-0.05, 0) is 42.3 Å². The molecule has 0 amide bonds. The van der Waals surface area contributed by atoms with Crippen molar-refractivity contribution in [3.8, 4) is 21.9 Å². The number of ketones is 1. The molecule has 24 heavy (non-hydrogen) atoms. The highest BCUT2D eigenvalue weighted by Gasteiger charge is 2.11. The smallest absolute Gasteiger partial charge is 0.173 e. The number of aromatic hydroxyl groups is 1. The second-order valence-electron chi connectivity index (χ2n) is 5.33. The van der Waals surface area contributed by atoms with Crippen LogP contribution in [0.1, 0.15) is 21.7 Å². The van der Waals surface area contributed by atoms with Crippen LogP contribution in [0.4, 0.5) is 0 Å². The molecule has 2 aromatic heterocycles. The SMILES string of the molecule is COc1cc(CCC(=O)c2ccc(-c3cccnc3)s2)ccc1O. The number of phenolic OH excluding ortho intramolecular Hbond substituents is 1. The second kappa shape index (κ2) is 7.27. The maximum absolute atomic E-state index is 12.4. The lowest BCUT2D eigenvalue weighted by atomic mass is 10.1. The van der Waals surface area contributed by atoms with E-state index in [-0.39, 0.29) is 11.5 Å². The Morgan fingerprint density at radius 3 is 2.88 bits per heavy atom. The molecule has 1 aromatic carbocycles. The zero-order valence-electron chi connectivity index (χ0n) is 13.2. The summed E-state index contributed by atoms with van der Waals surface area (Å²) in [4.78, 5) is 18.3. The number of carbonyl (C=O) groups excluding carboxylic acids is 1. The highest BCUT2D eigenvalue weighted by molar-refractivity contribution is 7.17. The van der Waals surface area contributed by atoms with E-state index in [0.717, 1.165) is 20.9 Å². The highest BCUT2D eigenvalue weighted by Crippen LogP contribution is 2.29. The third-order valence-corrected chi connectivity index (χ3v) is 4.89. The number of aromatic nitrogens is 1. The van der Waals surface area contributed by atoms with Gasteiger partial charge in [-0.25, -0.2) is 0 Å². The van der Waals surface area contributed by atoms with Gasteiger partial charge in [0.05, 0.1) is 12.0 Å². The molecule has 2 heterocycles. The lowest BCUT2D eigenvalue weighted by Crippen LogP contribution is -1.99. The summed E-state index contributed by atoms with van der Waals surface area (Å²) in [6, 6.07) is 12.8. The van der Waals surface area contributed by atoms with Crippen LogP contribution in [0.3, 0.4) is 0 Å². The van der Waals surface area contributed by atoms with Gasteiger partial charge in [-0.2, -0.15) is 0 Å². The van der Waals surface area contributed by atoms with E-state index in [1.807, 2.05) is 24.3 Å². The number of pyridine rings is 1. The van der Waals surface area contributed by atoms with Crippen LogP contribution in [-0.4, -0.2) is 23.0 Å². The van der Waals surface area contributed by atoms with E-state index >= 15 is 0 Å². The molecule has 0 saturated heterocycles. The summed E-state index contributed by atoms with van der Waals surface area (Å²) in [5, 5.41) is 9.61. The fraction of sp³-hybridized carbons (Fsp3) is 0.158. The van der Waals surface area contributed by atoms with Crippen LogP contribution in [0.15, 0.2) is 54.9 Å². The van der Waals surface area contributed by atoms with Crippen molar-refractivity contribution in [2.45, 2.75) is 12.8 Å². The first-order valence-corrected chi connectivity index (χ1v) is 8.38. The lowest BCUT2D eigenvalue weighted by molar-refractivity contribution is 0.0986. The predicted octanol–water partition coefficient (Wildman–Crippen LogP) is 4.34. The molecule has 0 saturated carbocycles. The molecule has 0 atom stereocenters. The number of Topliss-reactive ketones (excluding diaryl/α,β-unsaturated/α-hetero) is 1. The van der Waals surface area contributed by atoms with Crippen LogP contribution in [0.5, 0.6) is 11.5 Å². The van der Waals surface area contributed by atoms with Crippen molar-refractivity contribution < 1.29 is 14.6 Å². The van der Waals surface area contributed by atoms with Gasteiger partial charge in [-0.15, -0.1) is 11.3 Å². The Morgan fingerprint density at radius 2 is 2.12 bits per heavy atom. The fourth-order valence-electron chi connectivity index (χ4n) is 2.41. The van der Waals surface area contributed by atoms with Crippen molar-refractivity contribution in [3.05, 3.63) is 65.3 Å². The van der Waals surface area contributed by atoms with Gasteiger partial charge in [0.2, 0.25) is 0 Å². The zero-order chi connectivity index (χ0) is 16.9. The summed E-state index contributed by atoms with van der Waals surface area (Å²) in [5.41, 5.74) is 1.98. The van der Waals surface area contributed by atoms with Gasteiger partial charge in [0, 0.05) is 29.3 Å². The van der Waals surface area contributed by atoms with Gasteiger partial charge in [-0.1, -0.05) is 12.1 Å². The Balaban J connectivity index is 1.67. The third-order valence-electron chi connectivity index (χ3n) is 3.71. The Labute approximate surface area is 144 Å². The van der Waals surface area contributed by atoms with Crippen LogP contribution < -0.4 is 4.74 Å². The molecular weight excluding hydrogens is 322 g/mol. The van der Waals surface area contributed by atoms with Crippen LogP contribution in [-0.2, 0) is 6.42 Å². The number of ether oxygens (including phenoxy) is 1. The maximum Gasteiger partial charge on any atom is 0.173 e. The summed E-state index contributed by atoms with van der Waals surface area (Å²) >= 11 is 1.49. The van der Waals surface area contributed by atoms with Crippen molar-refractivity contribution in [1.29, 1.82) is 0 Å². The van der Waals surface area contributed by atoms with E-state index in [4.69, 9.17) is 4.74 Å². The number of hydrogen-bond donors (Lipinski definition) is 1. The van der Waals surface area contributed by atoms with Gasteiger partial charge >= 0.3 is 0 Å². The summed E-state index contributed by atoms with van der Waals surface area (Å²) < 4.78 is 5.09. The molecule has 0 radical (unpaired) electrons. The molecule has 0 aliphatic rings. The van der Waals surface area contributed by atoms with Gasteiger partial charge in [-0.3, -0.25) is 9.78 Å². The van der Waals surface area contributed by atoms with E-state index in [1.165, 1.54) is 18.4 Å². The van der Waals surface area contributed by atoms with Crippen molar-refractivity contribution in [3.63, 3.8) is 0 Å². The minimum absolute atomic E-state index is 0.104. The average molecular weight is 339 g/mol. The number of carbonyl (C=O) groups is 1. The fourth-order valence-corrected chi connectivity index (χ4v) is 3.37. The molecule has 0 bridgehead atoms. The summed E-state index contributed by atoms with van der Waals surface area (Å²) in [7, 11) is 1.51. The normalized spacial score (nSPS) is 10.5. The monoisotopic (exact) mass is 339 g/mol. The molecule has 0 spiro atoms. The lowest BCUT2D eigenvalue weighted by Gasteiger charge is -2.06. The van der Waals surface area contributed by atoms with Crippen LogP contribution >= 0.6 is 11.3 Å². The van der Waals surface area contributed by atoms with Crippen molar-refractivity contribution in [1.82, 2.24) is 4.98 Å². The van der Waals surface area contributed by atoms with Crippen LogP contribution in [0.2, 0.25) is 0 Å². The predicted molar refractivity (Wildman–Crippen MR) is 94.9 cm³/mol. The Morgan fingerprint density at radius 1 is 1.25 bits per heavy atom. The Kier molecular flexibility index (Phi) is 4.91. The standard InChI is InChI=1S/C19H17NO3S/c1-23-17-11-13(4-6-15(17)21)5-7-16(22)19-9-8-18(24-19)14-3-2-10-20-12-14/h2-4,6,8-12,21H,5,7H2,1H3. The first kappa shape index (κ1) is 16.2. The van der Waals surface area contributed by atoms with Crippen LogP contribution in [0, 0.1) is 0 Å². The largest absolute Gasteiger partial charge is 0.504 e. The molecule has 0 aliphatic carbocycles. The van der Waals surface area contributed by atoms with E-state index in [1.54, 1.807) is 30.6 Å². The number of hydrogen-bond acceptors (Lipinski definition) is 5. The van der Waals surface area contributed by atoms with Crippen molar-refractivity contribution >= 4 is 17.1 Å². The second-order valence-corrected chi connectivity index (χ2v) is 6.42. The first-order valence-electron chi connectivity index (χ1n) is 7.56. The molecule has 0 aliphatic heterocycles. The number of nitrogens with zero attached hydrogens (tertiary/aromatic N) is 1. The summed E-state index contributed by atoms with van der Waals surface area (Å²) in [6.45, 7) is 0. The molecule has 5 heteroatoms. The molecule has 3 aromatic rings. The molecule has 122 valence electrons. The number of phenols is 1. The topological polar surface area (TPSA) is 59.4 Å². The van der Waals surface area contributed by atoms with Gasteiger partial charge < -0.3 is 9.84 Å². The molecule has 3 rings (SSSR count). The number of thiophene rings is 1. The van der Waals surface area contributed by atoms with E-state index in [2.05, 4.69) is 4.98 Å². The maximum atomic E-state index is 12.4. The molecular formula is C19H17NO3S. The quantitative estimate of drug-likeness (QED) is 0.679. The molecule has 1 N–H and O–H groups in total. The molecule has 4 nitrogen and oxygen atoms in total. The van der Waals surface area contributed by atoms with E-state index < -0.39 is 0 Å². The van der Waals surface area contributed by atoms with Crippen molar-refractivity contribution in [2.75, 3.05) is 7.11 Å². The van der Waals surface area contributed by atoms with E-state index in [9.17, 15) is 9.90 Å². The highest BCUT2D eigenvalue weighted by atomic mass is 32.1. The van der Waals surface area contributed by atoms with Crippen LogP contribution in [0.25, 0.3) is 10.4 Å². The minimum atomic E-state index is 0.104. The van der Waals surface area contributed by atoms with Gasteiger partial charge in [0.15, 0.2) is 17.3 Å².